The smallest absolute Gasteiger partial charge is 0.315 e. The zero-order valence-corrected chi connectivity index (χ0v) is 11.5. The summed E-state index contributed by atoms with van der Waals surface area (Å²) in [5.74, 6) is -0.735. The van der Waals surface area contributed by atoms with E-state index in [0.29, 0.717) is 25.0 Å². The molecular formula is C11H20N2O4S. The van der Waals surface area contributed by atoms with Crippen LogP contribution in [0.5, 0.6) is 0 Å². The van der Waals surface area contributed by atoms with Crippen molar-refractivity contribution < 1.29 is 18.9 Å². The Kier molecular flexibility index (Phi) is 5.58. The first-order valence-electron chi connectivity index (χ1n) is 5.98. The van der Waals surface area contributed by atoms with Crippen molar-refractivity contribution in [3.05, 3.63) is 0 Å². The molecule has 2 amide bonds. The van der Waals surface area contributed by atoms with Crippen LogP contribution in [-0.2, 0) is 15.6 Å². The van der Waals surface area contributed by atoms with Gasteiger partial charge >= 0.3 is 12.0 Å². The number of amides is 2. The van der Waals surface area contributed by atoms with Crippen LogP contribution in [0.3, 0.4) is 0 Å². The van der Waals surface area contributed by atoms with Crippen molar-refractivity contribution in [3.63, 3.8) is 0 Å². The molecule has 1 rings (SSSR count). The van der Waals surface area contributed by atoms with Crippen LogP contribution in [0.4, 0.5) is 4.79 Å². The van der Waals surface area contributed by atoms with Gasteiger partial charge in [-0.15, -0.1) is 0 Å². The summed E-state index contributed by atoms with van der Waals surface area (Å²) in [4.78, 5) is 22.4. The number of rotatable bonds is 5. The minimum atomic E-state index is -0.948. The highest BCUT2D eigenvalue weighted by Gasteiger charge is 2.30. The van der Waals surface area contributed by atoms with Gasteiger partial charge in [0.05, 0.1) is 5.92 Å². The van der Waals surface area contributed by atoms with Gasteiger partial charge in [-0.3, -0.25) is 9.00 Å². The normalized spacial score (nSPS) is 26.3. The largest absolute Gasteiger partial charge is 0.481 e. The van der Waals surface area contributed by atoms with Gasteiger partial charge in [0.1, 0.15) is 0 Å². The van der Waals surface area contributed by atoms with E-state index in [4.69, 9.17) is 5.11 Å². The Balaban J connectivity index is 2.29. The SMILES string of the molecule is CC(CS(C)=O)NC(=O)N[C@H]1CC[C@@H](C(=O)O)C1. The maximum absolute atomic E-state index is 11.6. The summed E-state index contributed by atoms with van der Waals surface area (Å²) in [6.07, 6.45) is 3.37. The molecule has 1 aliphatic carbocycles. The maximum Gasteiger partial charge on any atom is 0.315 e. The van der Waals surface area contributed by atoms with Crippen LogP contribution >= 0.6 is 0 Å². The van der Waals surface area contributed by atoms with Gasteiger partial charge in [0.2, 0.25) is 0 Å². The van der Waals surface area contributed by atoms with Gasteiger partial charge in [-0.1, -0.05) is 0 Å². The van der Waals surface area contributed by atoms with Crippen LogP contribution in [-0.4, -0.2) is 45.4 Å². The first kappa shape index (κ1) is 14.9. The maximum atomic E-state index is 11.6. The lowest BCUT2D eigenvalue weighted by molar-refractivity contribution is -0.141. The van der Waals surface area contributed by atoms with Gasteiger partial charge < -0.3 is 15.7 Å². The molecule has 7 heteroatoms. The fourth-order valence-electron chi connectivity index (χ4n) is 2.18. The monoisotopic (exact) mass is 276 g/mol. The number of urea groups is 1. The lowest BCUT2D eigenvalue weighted by atomic mass is 10.1. The number of aliphatic carboxylic acids is 1. The minimum Gasteiger partial charge on any atom is -0.481 e. The molecule has 0 spiro atoms. The van der Waals surface area contributed by atoms with E-state index in [9.17, 15) is 13.8 Å². The highest BCUT2D eigenvalue weighted by Crippen LogP contribution is 2.25. The van der Waals surface area contributed by atoms with Crippen LogP contribution in [0.2, 0.25) is 0 Å². The summed E-state index contributed by atoms with van der Waals surface area (Å²) < 4.78 is 11.0. The molecule has 0 aromatic carbocycles. The Bertz CT molecular complexity index is 348. The van der Waals surface area contributed by atoms with E-state index in [1.807, 2.05) is 0 Å². The standard InChI is InChI=1S/C11H20N2O4S/c1-7(6-18(2)17)12-11(16)13-9-4-3-8(5-9)10(14)15/h7-9H,3-6H2,1-2H3,(H,14,15)(H2,12,13,16)/t7?,8-,9+,18?/m1/s1. The van der Waals surface area contributed by atoms with Crippen LogP contribution in [0, 0.1) is 5.92 Å². The fraction of sp³-hybridized carbons (Fsp3) is 0.818. The van der Waals surface area contributed by atoms with Crippen molar-refractivity contribution in [2.75, 3.05) is 12.0 Å². The number of nitrogens with one attached hydrogen (secondary N) is 2. The van der Waals surface area contributed by atoms with Gasteiger partial charge in [0, 0.05) is 34.9 Å². The van der Waals surface area contributed by atoms with Crippen molar-refractivity contribution >= 4 is 22.8 Å². The van der Waals surface area contributed by atoms with Crippen LogP contribution in [0.15, 0.2) is 0 Å². The molecule has 1 aliphatic rings. The molecule has 2 unspecified atom stereocenters. The molecule has 0 aromatic rings. The van der Waals surface area contributed by atoms with E-state index < -0.39 is 16.8 Å². The van der Waals surface area contributed by atoms with E-state index >= 15 is 0 Å². The topological polar surface area (TPSA) is 95.5 Å². The number of carboxylic acids is 1. The number of hydrogen-bond acceptors (Lipinski definition) is 3. The molecule has 18 heavy (non-hydrogen) atoms. The molecule has 0 aliphatic heterocycles. The van der Waals surface area contributed by atoms with Crippen molar-refractivity contribution in [2.24, 2.45) is 5.92 Å². The second-order valence-electron chi connectivity index (χ2n) is 4.80. The third kappa shape index (κ3) is 5.03. The third-order valence-electron chi connectivity index (χ3n) is 2.98. The molecule has 0 heterocycles. The summed E-state index contributed by atoms with van der Waals surface area (Å²) in [6, 6.07) is -0.554. The third-order valence-corrected chi connectivity index (χ3v) is 3.95. The van der Waals surface area contributed by atoms with Gasteiger partial charge in [0.15, 0.2) is 0 Å². The van der Waals surface area contributed by atoms with E-state index in [1.165, 1.54) is 0 Å². The predicted molar refractivity (Wildman–Crippen MR) is 68.8 cm³/mol. The van der Waals surface area contributed by atoms with Crippen LogP contribution < -0.4 is 10.6 Å². The molecule has 1 saturated carbocycles. The number of hydrogen-bond donors (Lipinski definition) is 3. The fourth-order valence-corrected chi connectivity index (χ4v) is 2.97. The highest BCUT2D eigenvalue weighted by atomic mass is 32.2. The van der Waals surface area contributed by atoms with E-state index in [2.05, 4.69) is 10.6 Å². The van der Waals surface area contributed by atoms with Crippen LogP contribution in [0.1, 0.15) is 26.2 Å². The first-order chi connectivity index (χ1) is 8.38. The summed E-state index contributed by atoms with van der Waals surface area (Å²) in [5.41, 5.74) is 0. The van der Waals surface area contributed by atoms with E-state index in [-0.39, 0.29) is 24.0 Å². The molecule has 4 atom stereocenters. The minimum absolute atomic E-state index is 0.0783. The lowest BCUT2D eigenvalue weighted by Crippen LogP contribution is -2.46. The molecule has 3 N–H and O–H groups in total. The zero-order valence-electron chi connectivity index (χ0n) is 10.6. The van der Waals surface area contributed by atoms with Crippen molar-refractivity contribution in [2.45, 2.75) is 38.3 Å². The number of carbonyl (C=O) groups is 2. The summed E-state index contributed by atoms with van der Waals surface area (Å²) in [5, 5.41) is 14.3. The van der Waals surface area contributed by atoms with E-state index in [0.717, 1.165) is 0 Å². The Morgan fingerprint density at radius 1 is 1.44 bits per heavy atom. The zero-order chi connectivity index (χ0) is 13.7. The Hall–Kier alpha value is -1.11. The summed E-state index contributed by atoms with van der Waals surface area (Å²) >= 11 is 0. The van der Waals surface area contributed by atoms with Crippen molar-refractivity contribution in [1.82, 2.24) is 10.6 Å². The highest BCUT2D eigenvalue weighted by molar-refractivity contribution is 7.84. The number of carbonyl (C=O) groups excluding carboxylic acids is 1. The summed E-state index contributed by atoms with van der Waals surface area (Å²) in [6.45, 7) is 1.79. The van der Waals surface area contributed by atoms with Gasteiger partial charge in [-0.25, -0.2) is 4.79 Å². The lowest BCUT2D eigenvalue weighted by Gasteiger charge is -2.17. The van der Waals surface area contributed by atoms with Crippen molar-refractivity contribution in [1.29, 1.82) is 0 Å². The van der Waals surface area contributed by atoms with E-state index in [1.54, 1.807) is 13.2 Å². The van der Waals surface area contributed by atoms with Crippen LogP contribution in [0.25, 0.3) is 0 Å². The van der Waals surface area contributed by atoms with Crippen molar-refractivity contribution in [3.8, 4) is 0 Å². The average Bonchev–Trinajstić information content (AvgIpc) is 2.63. The molecule has 104 valence electrons. The molecule has 0 bridgehead atoms. The molecule has 0 radical (unpaired) electrons. The molecule has 6 nitrogen and oxygen atoms in total. The Morgan fingerprint density at radius 2 is 2.11 bits per heavy atom. The number of carboxylic acid groups (broad SMARTS) is 1. The Morgan fingerprint density at radius 3 is 2.61 bits per heavy atom. The van der Waals surface area contributed by atoms with Gasteiger partial charge in [0.25, 0.3) is 0 Å². The molecule has 0 saturated heterocycles. The second kappa shape index (κ2) is 6.72. The summed E-state index contributed by atoms with van der Waals surface area (Å²) in [7, 11) is -0.948. The second-order valence-corrected chi connectivity index (χ2v) is 6.28. The predicted octanol–water partition coefficient (Wildman–Crippen LogP) is 0.306. The molecular weight excluding hydrogens is 256 g/mol. The average molecular weight is 276 g/mol. The Labute approximate surface area is 109 Å². The van der Waals surface area contributed by atoms with Gasteiger partial charge in [-0.2, -0.15) is 0 Å². The quantitative estimate of drug-likeness (QED) is 0.673. The first-order valence-corrected chi connectivity index (χ1v) is 7.71. The molecule has 0 aromatic heterocycles. The van der Waals surface area contributed by atoms with Gasteiger partial charge in [-0.05, 0) is 26.2 Å². The molecule has 1 fully saturated rings.